The van der Waals surface area contributed by atoms with Crippen molar-refractivity contribution >= 4 is 0 Å². The van der Waals surface area contributed by atoms with Crippen LogP contribution < -0.4 is 10.1 Å². The molecule has 0 bridgehead atoms. The summed E-state index contributed by atoms with van der Waals surface area (Å²) >= 11 is 0. The van der Waals surface area contributed by atoms with Crippen molar-refractivity contribution in [3.8, 4) is 5.75 Å². The van der Waals surface area contributed by atoms with Crippen molar-refractivity contribution in [1.82, 2.24) is 20.4 Å². The molecule has 1 unspecified atom stereocenters. The van der Waals surface area contributed by atoms with E-state index in [4.69, 9.17) is 9.26 Å². The molecule has 1 atom stereocenters. The number of ether oxygens (including phenoxy) is 1. The van der Waals surface area contributed by atoms with Gasteiger partial charge in [0.15, 0.2) is 5.82 Å². The smallest absolute Gasteiger partial charge is 0.240 e. The van der Waals surface area contributed by atoms with Gasteiger partial charge in [0.25, 0.3) is 0 Å². The first kappa shape index (κ1) is 16.9. The van der Waals surface area contributed by atoms with E-state index >= 15 is 0 Å². The third kappa shape index (κ3) is 3.60. The molecule has 1 saturated heterocycles. The maximum Gasteiger partial charge on any atom is 0.240 e. The lowest BCUT2D eigenvalue weighted by atomic mass is 9.96. The van der Waals surface area contributed by atoms with Gasteiger partial charge in [0, 0.05) is 30.6 Å². The van der Waals surface area contributed by atoms with E-state index in [-0.39, 0.29) is 11.5 Å². The molecule has 2 heterocycles. The fourth-order valence-corrected chi connectivity index (χ4v) is 2.98. The van der Waals surface area contributed by atoms with Gasteiger partial charge in [-0.25, -0.2) is 0 Å². The molecule has 2 aromatic rings. The molecule has 6 heteroatoms. The van der Waals surface area contributed by atoms with Crippen LogP contribution in [0.15, 0.2) is 28.8 Å². The summed E-state index contributed by atoms with van der Waals surface area (Å²) in [4.78, 5) is 6.94. The molecule has 0 radical (unpaired) electrons. The Morgan fingerprint density at radius 1 is 1.33 bits per heavy atom. The van der Waals surface area contributed by atoms with Crippen molar-refractivity contribution in [2.75, 3.05) is 26.7 Å². The average molecular weight is 330 g/mol. The zero-order chi connectivity index (χ0) is 17.2. The Hall–Kier alpha value is -1.92. The van der Waals surface area contributed by atoms with Gasteiger partial charge in [-0.1, -0.05) is 44.1 Å². The summed E-state index contributed by atoms with van der Waals surface area (Å²) < 4.78 is 11.0. The van der Waals surface area contributed by atoms with Gasteiger partial charge in [-0.3, -0.25) is 4.90 Å². The van der Waals surface area contributed by atoms with Crippen LogP contribution in [0.2, 0.25) is 0 Å². The lowest BCUT2D eigenvalue weighted by Crippen LogP contribution is -2.45. The number of hydrogen-bond acceptors (Lipinski definition) is 6. The molecule has 1 aliphatic heterocycles. The van der Waals surface area contributed by atoms with Crippen LogP contribution in [-0.4, -0.2) is 41.8 Å². The molecule has 0 spiro atoms. The van der Waals surface area contributed by atoms with E-state index in [2.05, 4.69) is 53.3 Å². The van der Waals surface area contributed by atoms with Crippen molar-refractivity contribution in [3.05, 3.63) is 41.5 Å². The quantitative estimate of drug-likeness (QED) is 0.929. The molecule has 0 amide bonds. The minimum absolute atomic E-state index is 0.104. The fraction of sp³-hybridized carbons (Fsp3) is 0.556. The number of para-hydroxylation sites is 1. The lowest BCUT2D eigenvalue weighted by molar-refractivity contribution is 0.133. The summed E-state index contributed by atoms with van der Waals surface area (Å²) in [5.41, 5.74) is 1.08. The molecule has 1 N–H and O–H groups in total. The molecule has 0 saturated carbocycles. The summed E-state index contributed by atoms with van der Waals surface area (Å²) in [5.74, 6) is 2.33. The topological polar surface area (TPSA) is 63.4 Å². The van der Waals surface area contributed by atoms with Crippen molar-refractivity contribution in [1.29, 1.82) is 0 Å². The van der Waals surface area contributed by atoms with Crippen LogP contribution in [0.5, 0.6) is 5.75 Å². The first-order chi connectivity index (χ1) is 11.5. The first-order valence-electron chi connectivity index (χ1n) is 8.40. The monoisotopic (exact) mass is 330 g/mol. The first-order valence-corrected chi connectivity index (χ1v) is 8.40. The van der Waals surface area contributed by atoms with Gasteiger partial charge in [-0.05, 0) is 6.07 Å². The van der Waals surface area contributed by atoms with Crippen LogP contribution >= 0.6 is 0 Å². The Labute approximate surface area is 143 Å². The number of nitrogens with zero attached hydrogens (tertiary/aromatic N) is 3. The molecular weight excluding hydrogens is 304 g/mol. The highest BCUT2D eigenvalue weighted by Crippen LogP contribution is 2.31. The van der Waals surface area contributed by atoms with E-state index in [1.54, 1.807) is 7.11 Å². The van der Waals surface area contributed by atoms with Crippen LogP contribution in [0.4, 0.5) is 0 Å². The molecule has 1 aromatic heterocycles. The van der Waals surface area contributed by atoms with Crippen molar-refractivity contribution < 1.29 is 9.26 Å². The van der Waals surface area contributed by atoms with Crippen LogP contribution in [0.25, 0.3) is 0 Å². The van der Waals surface area contributed by atoms with Crippen molar-refractivity contribution in [2.45, 2.75) is 38.8 Å². The molecule has 24 heavy (non-hydrogen) atoms. The third-order valence-electron chi connectivity index (χ3n) is 4.33. The Kier molecular flexibility index (Phi) is 4.87. The van der Waals surface area contributed by atoms with Gasteiger partial charge in [0.1, 0.15) is 5.75 Å². The highest BCUT2D eigenvalue weighted by Gasteiger charge is 2.28. The van der Waals surface area contributed by atoms with E-state index in [0.717, 1.165) is 31.2 Å². The zero-order valence-corrected chi connectivity index (χ0v) is 14.9. The van der Waals surface area contributed by atoms with Gasteiger partial charge in [-0.15, -0.1) is 0 Å². The fourth-order valence-electron chi connectivity index (χ4n) is 2.98. The second-order valence-electron chi connectivity index (χ2n) is 7.19. The Morgan fingerprint density at radius 3 is 2.83 bits per heavy atom. The van der Waals surface area contributed by atoms with Crippen LogP contribution in [0.3, 0.4) is 0 Å². The maximum absolute atomic E-state index is 5.54. The molecular formula is C18H26N4O2. The van der Waals surface area contributed by atoms with E-state index in [1.807, 2.05) is 12.1 Å². The minimum Gasteiger partial charge on any atom is -0.496 e. The number of piperazine rings is 1. The normalized spacial score (nSPS) is 19.4. The van der Waals surface area contributed by atoms with Crippen LogP contribution in [0.1, 0.15) is 44.1 Å². The number of benzene rings is 1. The number of rotatable bonds is 4. The Morgan fingerprint density at radius 2 is 2.12 bits per heavy atom. The third-order valence-corrected chi connectivity index (χ3v) is 4.33. The van der Waals surface area contributed by atoms with E-state index in [0.29, 0.717) is 12.4 Å². The summed E-state index contributed by atoms with van der Waals surface area (Å²) in [7, 11) is 1.72. The lowest BCUT2D eigenvalue weighted by Gasteiger charge is -2.36. The second-order valence-corrected chi connectivity index (χ2v) is 7.19. The van der Waals surface area contributed by atoms with E-state index in [1.165, 1.54) is 5.56 Å². The van der Waals surface area contributed by atoms with Gasteiger partial charge in [-0.2, -0.15) is 4.98 Å². The van der Waals surface area contributed by atoms with Crippen LogP contribution in [0, 0.1) is 0 Å². The molecule has 1 aliphatic rings. The predicted molar refractivity (Wildman–Crippen MR) is 92.0 cm³/mol. The molecule has 0 aliphatic carbocycles. The number of nitrogens with one attached hydrogen (secondary N) is 1. The number of aromatic nitrogens is 2. The second kappa shape index (κ2) is 6.91. The number of methoxy groups -OCH3 is 1. The van der Waals surface area contributed by atoms with Gasteiger partial charge >= 0.3 is 0 Å². The van der Waals surface area contributed by atoms with Gasteiger partial charge in [0.05, 0.1) is 19.7 Å². The summed E-state index contributed by atoms with van der Waals surface area (Å²) in [6, 6.07) is 8.40. The van der Waals surface area contributed by atoms with E-state index in [9.17, 15) is 0 Å². The van der Waals surface area contributed by atoms with Gasteiger partial charge in [0.2, 0.25) is 5.89 Å². The molecule has 1 fully saturated rings. The van der Waals surface area contributed by atoms with Crippen LogP contribution in [-0.2, 0) is 12.0 Å². The summed E-state index contributed by atoms with van der Waals surface area (Å²) in [5, 5.41) is 7.60. The SMILES string of the molecule is COc1ccccc1C1CNCCN1Cc1nc(C(C)(C)C)no1. The zero-order valence-electron chi connectivity index (χ0n) is 14.9. The number of hydrogen-bond donors (Lipinski definition) is 1. The largest absolute Gasteiger partial charge is 0.496 e. The summed E-state index contributed by atoms with van der Waals surface area (Å²) in [6.45, 7) is 9.66. The standard InChI is InChI=1S/C18H26N4O2/c1-18(2,3)17-20-16(24-21-17)12-22-10-9-19-11-14(22)13-7-5-6-8-15(13)23-4/h5-8,14,19H,9-12H2,1-4H3. The van der Waals surface area contributed by atoms with Crippen molar-refractivity contribution in [2.24, 2.45) is 0 Å². The highest BCUT2D eigenvalue weighted by atomic mass is 16.5. The highest BCUT2D eigenvalue weighted by molar-refractivity contribution is 5.36. The molecule has 3 rings (SSSR count). The van der Waals surface area contributed by atoms with Crippen molar-refractivity contribution in [3.63, 3.8) is 0 Å². The minimum atomic E-state index is -0.104. The van der Waals surface area contributed by atoms with Gasteiger partial charge < -0.3 is 14.6 Å². The molecule has 6 nitrogen and oxygen atoms in total. The van der Waals surface area contributed by atoms with E-state index < -0.39 is 0 Å². The Balaban J connectivity index is 1.81. The Bertz CT molecular complexity index is 678. The predicted octanol–water partition coefficient (Wildman–Crippen LogP) is 2.52. The summed E-state index contributed by atoms with van der Waals surface area (Å²) in [6.07, 6.45) is 0. The molecule has 130 valence electrons. The maximum atomic E-state index is 5.54. The molecule has 1 aromatic carbocycles. The average Bonchev–Trinajstić information content (AvgIpc) is 3.04.